The topological polar surface area (TPSA) is 0 Å². The van der Waals surface area contributed by atoms with Gasteiger partial charge in [-0.25, -0.2) is 0 Å². The van der Waals surface area contributed by atoms with Gasteiger partial charge in [-0.15, -0.1) is 0 Å². The number of benzene rings is 2. The first-order valence-electron chi connectivity index (χ1n) is 9.82. The quantitative estimate of drug-likeness (QED) is 0.444. The van der Waals surface area contributed by atoms with Crippen LogP contribution in [0, 0.1) is 33.1 Å². The molecule has 0 aliphatic heterocycles. The molecule has 30 heavy (non-hydrogen) atoms. The molecule has 0 radical (unpaired) electrons. The Balaban J connectivity index is 0.00000280. The number of halogens is 3. The second kappa shape index (κ2) is 10.9. The molecule has 4 heteroatoms. The van der Waals surface area contributed by atoms with E-state index in [2.05, 4.69) is 124 Å². The molecule has 160 valence electrons. The Morgan fingerprint density at radius 2 is 1.07 bits per heavy atom. The molecule has 0 amide bonds. The average Bonchev–Trinajstić information content (AvgIpc) is 2.87. The second-order valence-electron chi connectivity index (χ2n) is 9.33. The van der Waals surface area contributed by atoms with E-state index in [9.17, 15) is 0 Å². The normalized spacial score (nSPS) is 17.7. The summed E-state index contributed by atoms with van der Waals surface area (Å²) in [6.07, 6.45) is 7.03. The molecule has 0 aromatic heterocycles. The molecule has 0 bridgehead atoms. The molecule has 1 atom stereocenters. The van der Waals surface area contributed by atoms with Gasteiger partial charge < -0.3 is 37.2 Å². The average molecular weight is 498 g/mol. The summed E-state index contributed by atoms with van der Waals surface area (Å²) in [7, 11) is 0. The van der Waals surface area contributed by atoms with Crippen LogP contribution in [0.5, 0.6) is 0 Å². The molecule has 0 saturated heterocycles. The van der Waals surface area contributed by atoms with E-state index in [0.717, 1.165) is 0 Å². The van der Waals surface area contributed by atoms with Crippen LogP contribution in [0.15, 0.2) is 60.2 Å². The Kier molecular flexibility index (Phi) is 10.7. The van der Waals surface area contributed by atoms with Crippen LogP contribution in [0.1, 0.15) is 60.1 Å². The molecular weight excluding hydrogens is 467 g/mol. The molecule has 0 nitrogen and oxygen atoms in total. The zero-order valence-corrected chi connectivity index (χ0v) is 22.7. The van der Waals surface area contributed by atoms with Crippen molar-refractivity contribution in [3.8, 4) is 0 Å². The summed E-state index contributed by atoms with van der Waals surface area (Å²) < 4.78 is -0.0291. The molecule has 1 unspecified atom stereocenters. The summed E-state index contributed by atoms with van der Waals surface area (Å²) in [5.74, 6) is 0.305. The summed E-state index contributed by atoms with van der Waals surface area (Å²) in [6.45, 7) is 15.9. The Morgan fingerprint density at radius 1 is 0.700 bits per heavy atom. The van der Waals surface area contributed by atoms with Crippen LogP contribution in [0.3, 0.4) is 0 Å². The molecule has 0 spiro atoms. The predicted octanol–water partition coefficient (Wildman–Crippen LogP) is -1.69. The van der Waals surface area contributed by atoms with Crippen molar-refractivity contribution in [1.82, 2.24) is 0 Å². The zero-order chi connectivity index (χ0) is 20.0. The van der Waals surface area contributed by atoms with Crippen LogP contribution in [0.4, 0.5) is 0 Å². The van der Waals surface area contributed by atoms with E-state index in [-0.39, 0.29) is 46.4 Å². The molecule has 0 fully saturated rings. The van der Waals surface area contributed by atoms with Gasteiger partial charge in [0.15, 0.2) is 0 Å². The van der Waals surface area contributed by atoms with Crippen LogP contribution in [0.2, 0.25) is 3.72 Å². The van der Waals surface area contributed by atoms with Gasteiger partial charge in [0.2, 0.25) is 0 Å². The molecule has 2 aromatic rings. The summed E-state index contributed by atoms with van der Waals surface area (Å²) in [6, 6.07) is 14.1. The van der Waals surface area contributed by atoms with Crippen LogP contribution in [-0.4, -0.2) is 0 Å². The smallest absolute Gasteiger partial charge is 1.00 e. The number of hydrogen-bond donors (Lipinski definition) is 0. The Morgan fingerprint density at radius 3 is 1.40 bits per heavy atom. The van der Waals surface area contributed by atoms with Crippen molar-refractivity contribution < 1.29 is 57.7 Å². The zero-order valence-electron chi connectivity index (χ0n) is 18.9. The maximum Gasteiger partial charge on any atom is -1.00 e. The molecule has 1 aliphatic carbocycles. The van der Waals surface area contributed by atoms with E-state index in [0.29, 0.717) is 5.92 Å². The van der Waals surface area contributed by atoms with Crippen LogP contribution >= 0.6 is 0 Å². The van der Waals surface area contributed by atoms with Crippen LogP contribution in [-0.2, 0) is 20.4 Å². The van der Waals surface area contributed by atoms with Gasteiger partial charge in [-0.1, -0.05) is 0 Å². The molecule has 2 aromatic carbocycles. The fraction of sp³-hybridized carbons (Fsp3) is 0.385. The van der Waals surface area contributed by atoms with Gasteiger partial charge in [0, 0.05) is 0 Å². The van der Waals surface area contributed by atoms with E-state index in [1.807, 2.05) is 0 Å². The van der Waals surface area contributed by atoms with Gasteiger partial charge in [0.1, 0.15) is 0 Å². The van der Waals surface area contributed by atoms with Crippen molar-refractivity contribution >= 4 is 0 Å². The molecular formula is C26H31Cl3Ti. The minimum atomic E-state index is -0.0291. The Bertz CT molecular complexity index is 846. The van der Waals surface area contributed by atoms with Crippen molar-refractivity contribution in [2.75, 3.05) is 0 Å². The first-order chi connectivity index (χ1) is 12.5. The minimum Gasteiger partial charge on any atom is -1.00 e. The summed E-state index contributed by atoms with van der Waals surface area (Å²) in [4.78, 5) is 0. The van der Waals surface area contributed by atoms with Crippen molar-refractivity contribution in [1.29, 1.82) is 0 Å². The number of aryl methyl sites for hydroxylation is 4. The Hall–Kier alpha value is -0.496. The van der Waals surface area contributed by atoms with Gasteiger partial charge in [0.05, 0.1) is 0 Å². The van der Waals surface area contributed by atoms with Gasteiger partial charge in [-0.05, 0) is 0 Å². The van der Waals surface area contributed by atoms with E-state index < -0.39 is 0 Å². The monoisotopic (exact) mass is 496 g/mol. The Labute approximate surface area is 213 Å². The van der Waals surface area contributed by atoms with Crippen LogP contribution in [0.25, 0.3) is 0 Å². The molecule has 1 aliphatic rings. The predicted molar refractivity (Wildman–Crippen MR) is 113 cm³/mol. The summed E-state index contributed by atoms with van der Waals surface area (Å²) in [5, 5.41) is 0. The van der Waals surface area contributed by atoms with Gasteiger partial charge >= 0.3 is 178 Å². The van der Waals surface area contributed by atoms with Crippen molar-refractivity contribution in [3.05, 3.63) is 93.6 Å². The van der Waals surface area contributed by atoms with Crippen LogP contribution < -0.4 is 37.2 Å². The molecule has 3 rings (SSSR count). The first-order valence-corrected chi connectivity index (χ1v) is 10.6. The number of allylic oxidation sites excluding steroid dienone is 4. The number of rotatable bonds is 3. The third-order valence-corrected chi connectivity index (χ3v) is 6.62. The standard InChI is InChI=1S/C26H31.3ClH.Ti/c1-17-11-18(2)14-21(13-17)25(22-15-19(3)12-20(4)16-22)23-9-8-10-24(23)26(5,6)7;;;;/h8-16,25H,1-7H3;3*1H;/q;;;;+3/p-3. The van der Waals surface area contributed by atoms with Crippen molar-refractivity contribution in [3.63, 3.8) is 0 Å². The third-order valence-electron chi connectivity index (χ3n) is 5.49. The second-order valence-corrected chi connectivity index (χ2v) is 10.6. The molecule has 0 N–H and O–H groups in total. The van der Waals surface area contributed by atoms with E-state index in [1.165, 1.54) is 39.0 Å². The van der Waals surface area contributed by atoms with Gasteiger partial charge in [0.25, 0.3) is 0 Å². The number of hydrogen-bond acceptors (Lipinski definition) is 0. The van der Waals surface area contributed by atoms with E-state index >= 15 is 0 Å². The summed E-state index contributed by atoms with van der Waals surface area (Å²) >= 11 is 2.42. The minimum absolute atomic E-state index is 0. The molecule has 0 saturated carbocycles. The first kappa shape index (κ1) is 29.5. The largest absolute Gasteiger partial charge is 1.00 e. The maximum atomic E-state index is 2.42. The van der Waals surface area contributed by atoms with Gasteiger partial charge in [-0.3, -0.25) is 0 Å². The molecule has 0 heterocycles. The fourth-order valence-electron chi connectivity index (χ4n) is 4.72. The van der Waals surface area contributed by atoms with E-state index in [4.69, 9.17) is 0 Å². The maximum absolute atomic E-state index is 2.42. The third kappa shape index (κ3) is 6.05. The fourth-order valence-corrected chi connectivity index (χ4v) is 6.10. The van der Waals surface area contributed by atoms with E-state index in [1.54, 1.807) is 0 Å². The summed E-state index contributed by atoms with van der Waals surface area (Å²) in [5.41, 5.74) is 9.84. The SMILES string of the molecule is Cc1cc(C)cc(C(c2cc(C)cc(C)c2)[C]2([Ti+3])C=CC=C2C(C)(C)C)c1.[Cl-].[Cl-].[Cl-]. The van der Waals surface area contributed by atoms with Crippen molar-refractivity contribution in [2.24, 2.45) is 5.41 Å². The van der Waals surface area contributed by atoms with Gasteiger partial charge in [-0.2, -0.15) is 0 Å². The van der Waals surface area contributed by atoms with Crippen molar-refractivity contribution in [2.45, 2.75) is 58.1 Å².